The molecular formula is C24H40. The first kappa shape index (κ1) is 16.2. The van der Waals surface area contributed by atoms with Crippen LogP contribution < -0.4 is 0 Å². The predicted molar refractivity (Wildman–Crippen MR) is 102 cm³/mol. The first-order chi connectivity index (χ1) is 11.7. The molecule has 10 unspecified atom stereocenters. The molecule has 136 valence electrons. The van der Waals surface area contributed by atoms with Gasteiger partial charge in [0.25, 0.3) is 0 Å². The number of hydrogen-bond donors (Lipinski definition) is 0. The van der Waals surface area contributed by atoms with Crippen LogP contribution in [0.15, 0.2) is 0 Å². The van der Waals surface area contributed by atoms with Crippen LogP contribution in [-0.2, 0) is 0 Å². The lowest BCUT2D eigenvalue weighted by Gasteiger charge is -2.57. The van der Waals surface area contributed by atoms with Crippen LogP contribution in [0.1, 0.15) is 90.9 Å². The third-order valence-corrected chi connectivity index (χ3v) is 9.98. The average Bonchev–Trinajstić information content (AvgIpc) is 2.60. The second kappa shape index (κ2) is 6.31. The first-order valence-electron chi connectivity index (χ1n) is 11.7. The Labute approximate surface area is 150 Å². The molecule has 0 spiro atoms. The van der Waals surface area contributed by atoms with Gasteiger partial charge in [0.1, 0.15) is 0 Å². The van der Waals surface area contributed by atoms with Gasteiger partial charge < -0.3 is 0 Å². The fourth-order valence-corrected chi connectivity index (χ4v) is 8.90. The maximum absolute atomic E-state index is 2.67. The fraction of sp³-hybridized carbons (Fsp3) is 1.00. The Kier molecular flexibility index (Phi) is 4.26. The Morgan fingerprint density at radius 1 is 0.458 bits per heavy atom. The van der Waals surface area contributed by atoms with Crippen molar-refractivity contribution in [1.29, 1.82) is 0 Å². The predicted octanol–water partition coefficient (Wildman–Crippen LogP) is 6.94. The van der Waals surface area contributed by atoms with Crippen LogP contribution in [0.3, 0.4) is 0 Å². The van der Waals surface area contributed by atoms with Gasteiger partial charge in [0.2, 0.25) is 0 Å². The van der Waals surface area contributed by atoms with E-state index in [1.807, 2.05) is 0 Å². The molecule has 8 bridgehead atoms. The van der Waals surface area contributed by atoms with Crippen molar-refractivity contribution < 1.29 is 0 Å². The number of rotatable bonds is 0. The van der Waals surface area contributed by atoms with Gasteiger partial charge in [-0.1, -0.05) is 52.4 Å². The molecule has 0 amide bonds. The van der Waals surface area contributed by atoms with Crippen molar-refractivity contribution in [2.45, 2.75) is 90.9 Å². The van der Waals surface area contributed by atoms with Crippen LogP contribution in [-0.4, -0.2) is 0 Å². The lowest BCUT2D eigenvalue weighted by Crippen LogP contribution is -2.48. The Morgan fingerprint density at radius 2 is 1.21 bits per heavy atom. The molecule has 0 heterocycles. The van der Waals surface area contributed by atoms with Crippen LogP contribution in [0.4, 0.5) is 0 Å². The van der Waals surface area contributed by atoms with E-state index in [4.69, 9.17) is 0 Å². The van der Waals surface area contributed by atoms with E-state index in [9.17, 15) is 0 Å². The minimum Gasteiger partial charge on any atom is -0.0622 e. The Balaban J connectivity index is 1.46. The molecular weight excluding hydrogens is 288 g/mol. The van der Waals surface area contributed by atoms with Gasteiger partial charge in [0.15, 0.2) is 0 Å². The van der Waals surface area contributed by atoms with Gasteiger partial charge in [-0.15, -0.1) is 0 Å². The molecule has 5 saturated carbocycles. The summed E-state index contributed by atoms with van der Waals surface area (Å²) in [5.41, 5.74) is 0. The van der Waals surface area contributed by atoms with Gasteiger partial charge in [-0.2, -0.15) is 0 Å². The van der Waals surface area contributed by atoms with Crippen LogP contribution >= 0.6 is 0 Å². The largest absolute Gasteiger partial charge is 0.0622 e. The van der Waals surface area contributed by atoms with Crippen molar-refractivity contribution in [1.82, 2.24) is 0 Å². The van der Waals surface area contributed by atoms with Gasteiger partial charge in [-0.05, 0) is 97.7 Å². The standard InChI is InChI=1S/C24H40/c1-15-10-21-13-22(16(2)9-17-5-3-6-18(15)11-17)24-14-23(21)19-7-4-8-20(24)12-19/h15-24H,3-14H2,1-2H3. The SMILES string of the molecule is CC1CC2CC(C(C)CC3CCCC1C3)C1CC2C2CCCC1C2. The molecule has 5 aliphatic carbocycles. The zero-order chi connectivity index (χ0) is 16.3. The first-order valence-corrected chi connectivity index (χ1v) is 11.7. The van der Waals surface area contributed by atoms with Crippen molar-refractivity contribution >= 4 is 0 Å². The lowest BCUT2D eigenvalue weighted by molar-refractivity contribution is -0.0745. The van der Waals surface area contributed by atoms with Crippen molar-refractivity contribution in [2.75, 3.05) is 0 Å². The van der Waals surface area contributed by atoms with Gasteiger partial charge in [-0.25, -0.2) is 0 Å². The summed E-state index contributed by atoms with van der Waals surface area (Å²) in [5, 5.41) is 0. The fourth-order valence-electron chi connectivity index (χ4n) is 8.90. The summed E-state index contributed by atoms with van der Waals surface area (Å²) in [6.45, 7) is 5.32. The monoisotopic (exact) mass is 328 g/mol. The summed E-state index contributed by atoms with van der Waals surface area (Å²) >= 11 is 0. The highest BCUT2D eigenvalue weighted by molar-refractivity contribution is 5.00. The van der Waals surface area contributed by atoms with Crippen molar-refractivity contribution in [2.24, 2.45) is 59.2 Å². The molecule has 0 N–H and O–H groups in total. The topological polar surface area (TPSA) is 0 Å². The van der Waals surface area contributed by atoms with Gasteiger partial charge in [0.05, 0.1) is 0 Å². The minimum absolute atomic E-state index is 1.02. The van der Waals surface area contributed by atoms with E-state index in [1.165, 1.54) is 0 Å². The van der Waals surface area contributed by atoms with Crippen LogP contribution in [0, 0.1) is 59.2 Å². The highest BCUT2D eigenvalue weighted by Gasteiger charge is 2.51. The zero-order valence-electron chi connectivity index (χ0n) is 16.3. The molecule has 0 aromatic carbocycles. The van der Waals surface area contributed by atoms with Gasteiger partial charge >= 0.3 is 0 Å². The molecule has 0 saturated heterocycles. The highest BCUT2D eigenvalue weighted by Crippen LogP contribution is 2.60. The number of hydrogen-bond acceptors (Lipinski definition) is 0. The molecule has 5 fully saturated rings. The molecule has 5 aliphatic rings. The highest BCUT2D eigenvalue weighted by atomic mass is 14.6. The van der Waals surface area contributed by atoms with Gasteiger partial charge in [0, 0.05) is 0 Å². The van der Waals surface area contributed by atoms with E-state index in [0.29, 0.717) is 0 Å². The minimum atomic E-state index is 1.02. The summed E-state index contributed by atoms with van der Waals surface area (Å²) in [5.74, 6) is 10.9. The van der Waals surface area contributed by atoms with E-state index >= 15 is 0 Å². The van der Waals surface area contributed by atoms with Crippen molar-refractivity contribution in [3.8, 4) is 0 Å². The van der Waals surface area contributed by atoms with E-state index in [0.717, 1.165) is 59.2 Å². The maximum Gasteiger partial charge on any atom is -0.0352 e. The quantitative estimate of drug-likeness (QED) is 0.423. The molecule has 24 heavy (non-hydrogen) atoms. The molecule has 0 radical (unpaired) electrons. The number of fused-ring (bicyclic) bond motifs is 12. The second-order valence-corrected chi connectivity index (χ2v) is 11.1. The molecule has 5 rings (SSSR count). The zero-order valence-corrected chi connectivity index (χ0v) is 16.3. The summed E-state index contributed by atoms with van der Waals surface area (Å²) < 4.78 is 0. The van der Waals surface area contributed by atoms with Crippen LogP contribution in [0.25, 0.3) is 0 Å². The average molecular weight is 329 g/mol. The molecule has 0 aromatic heterocycles. The summed E-state index contributed by atoms with van der Waals surface area (Å²) in [6.07, 6.45) is 19.1. The Bertz CT molecular complexity index is 453. The molecule has 0 heteroatoms. The van der Waals surface area contributed by atoms with E-state index in [1.54, 1.807) is 77.0 Å². The molecule has 10 atom stereocenters. The Morgan fingerprint density at radius 3 is 2.08 bits per heavy atom. The summed E-state index contributed by atoms with van der Waals surface area (Å²) in [6, 6.07) is 0. The lowest BCUT2D eigenvalue weighted by atomic mass is 9.48. The van der Waals surface area contributed by atoms with E-state index in [-0.39, 0.29) is 0 Å². The smallest absolute Gasteiger partial charge is 0.0352 e. The Hall–Kier alpha value is 0. The van der Waals surface area contributed by atoms with Crippen LogP contribution in [0.5, 0.6) is 0 Å². The van der Waals surface area contributed by atoms with Crippen molar-refractivity contribution in [3.05, 3.63) is 0 Å². The molecule has 0 aliphatic heterocycles. The molecule has 0 aromatic rings. The normalized spacial score (nSPS) is 57.2. The summed E-state index contributed by atoms with van der Waals surface area (Å²) in [7, 11) is 0. The molecule has 0 nitrogen and oxygen atoms in total. The second-order valence-electron chi connectivity index (χ2n) is 11.1. The van der Waals surface area contributed by atoms with E-state index < -0.39 is 0 Å². The van der Waals surface area contributed by atoms with Crippen LogP contribution in [0.2, 0.25) is 0 Å². The third kappa shape index (κ3) is 2.69. The van der Waals surface area contributed by atoms with Gasteiger partial charge in [-0.3, -0.25) is 0 Å². The third-order valence-electron chi connectivity index (χ3n) is 9.98. The summed E-state index contributed by atoms with van der Waals surface area (Å²) in [4.78, 5) is 0. The maximum atomic E-state index is 2.67. The van der Waals surface area contributed by atoms with E-state index in [2.05, 4.69) is 13.8 Å². The van der Waals surface area contributed by atoms with Crippen molar-refractivity contribution in [3.63, 3.8) is 0 Å².